The highest BCUT2D eigenvalue weighted by molar-refractivity contribution is 5.67. The Balaban J connectivity index is 2.15. The van der Waals surface area contributed by atoms with Gasteiger partial charge in [0.2, 0.25) is 0 Å². The molecule has 1 aliphatic rings. The number of carbonyl (C=O) groups is 1. The van der Waals surface area contributed by atoms with Crippen LogP contribution in [0.25, 0.3) is 0 Å². The summed E-state index contributed by atoms with van der Waals surface area (Å²) in [5, 5.41) is 8.39. The minimum absolute atomic E-state index is 0.213. The standard InChI is InChI=1S/C9H19N3O3/c10-3-5-12-4-1-2-8(6-12)11-15-7-9(13)14/h8,11H,1-7,10H2,(H,13,14). The molecule has 15 heavy (non-hydrogen) atoms. The van der Waals surface area contributed by atoms with Crippen molar-refractivity contribution < 1.29 is 14.7 Å². The summed E-state index contributed by atoms with van der Waals surface area (Å²) in [4.78, 5) is 17.3. The van der Waals surface area contributed by atoms with Gasteiger partial charge < -0.3 is 15.7 Å². The first-order chi connectivity index (χ1) is 7.22. The van der Waals surface area contributed by atoms with Crippen molar-refractivity contribution in [3.63, 3.8) is 0 Å². The molecular formula is C9H19N3O3. The Morgan fingerprint density at radius 3 is 3.13 bits per heavy atom. The molecule has 0 bridgehead atoms. The van der Waals surface area contributed by atoms with Gasteiger partial charge in [-0.15, -0.1) is 0 Å². The predicted molar refractivity (Wildman–Crippen MR) is 55.2 cm³/mol. The third kappa shape index (κ3) is 5.08. The zero-order valence-electron chi connectivity index (χ0n) is 8.82. The number of hydrogen-bond donors (Lipinski definition) is 3. The molecule has 4 N–H and O–H groups in total. The fourth-order valence-electron chi connectivity index (χ4n) is 1.76. The van der Waals surface area contributed by atoms with Gasteiger partial charge in [-0.2, -0.15) is 5.48 Å². The Labute approximate surface area is 89.3 Å². The molecule has 0 aromatic carbocycles. The van der Waals surface area contributed by atoms with Crippen LogP contribution >= 0.6 is 0 Å². The maximum Gasteiger partial charge on any atom is 0.331 e. The van der Waals surface area contributed by atoms with Gasteiger partial charge in [0, 0.05) is 25.7 Å². The Bertz CT molecular complexity index is 199. The number of aliphatic carboxylic acids is 1. The molecule has 0 radical (unpaired) electrons. The van der Waals surface area contributed by atoms with Crippen molar-refractivity contribution in [3.8, 4) is 0 Å². The lowest BCUT2D eigenvalue weighted by Gasteiger charge is -2.32. The quantitative estimate of drug-likeness (QED) is 0.495. The van der Waals surface area contributed by atoms with E-state index in [0.717, 1.165) is 32.5 Å². The van der Waals surface area contributed by atoms with E-state index in [1.165, 1.54) is 0 Å². The monoisotopic (exact) mass is 217 g/mol. The maximum absolute atomic E-state index is 10.2. The predicted octanol–water partition coefficient (Wildman–Crippen LogP) is -0.985. The number of likely N-dealkylation sites (tertiary alicyclic amines) is 1. The highest BCUT2D eigenvalue weighted by Crippen LogP contribution is 2.09. The summed E-state index contributed by atoms with van der Waals surface area (Å²) < 4.78 is 0. The number of rotatable bonds is 6. The average molecular weight is 217 g/mol. The van der Waals surface area contributed by atoms with Gasteiger partial charge in [0.15, 0.2) is 6.61 Å². The molecule has 0 amide bonds. The molecular weight excluding hydrogens is 198 g/mol. The lowest BCUT2D eigenvalue weighted by Crippen LogP contribution is -2.47. The van der Waals surface area contributed by atoms with E-state index in [2.05, 4.69) is 10.4 Å². The number of nitrogens with zero attached hydrogens (tertiary/aromatic N) is 1. The van der Waals surface area contributed by atoms with Crippen molar-refractivity contribution in [2.45, 2.75) is 18.9 Å². The number of nitrogens with two attached hydrogens (primary N) is 1. The van der Waals surface area contributed by atoms with Crippen LogP contribution in [0, 0.1) is 0 Å². The van der Waals surface area contributed by atoms with Gasteiger partial charge in [-0.25, -0.2) is 4.79 Å². The van der Waals surface area contributed by atoms with E-state index in [1.54, 1.807) is 0 Å². The summed E-state index contributed by atoms with van der Waals surface area (Å²) >= 11 is 0. The second-order valence-electron chi connectivity index (χ2n) is 3.73. The molecule has 0 spiro atoms. The van der Waals surface area contributed by atoms with Crippen molar-refractivity contribution in [1.29, 1.82) is 0 Å². The molecule has 88 valence electrons. The second kappa shape index (κ2) is 6.73. The Morgan fingerprint density at radius 1 is 1.67 bits per heavy atom. The molecule has 1 heterocycles. The fourth-order valence-corrected chi connectivity index (χ4v) is 1.76. The summed E-state index contributed by atoms with van der Waals surface area (Å²) in [5.74, 6) is -0.961. The molecule has 1 atom stereocenters. The number of nitrogens with one attached hydrogen (secondary N) is 1. The van der Waals surface area contributed by atoms with E-state index in [-0.39, 0.29) is 12.6 Å². The van der Waals surface area contributed by atoms with Gasteiger partial charge >= 0.3 is 5.97 Å². The zero-order chi connectivity index (χ0) is 11.1. The summed E-state index contributed by atoms with van der Waals surface area (Å²) in [7, 11) is 0. The van der Waals surface area contributed by atoms with Crippen molar-refractivity contribution >= 4 is 5.97 Å². The first-order valence-electron chi connectivity index (χ1n) is 5.24. The van der Waals surface area contributed by atoms with Crippen LogP contribution in [0.4, 0.5) is 0 Å². The first-order valence-corrected chi connectivity index (χ1v) is 5.24. The normalized spacial score (nSPS) is 22.9. The number of hydrogen-bond acceptors (Lipinski definition) is 5. The molecule has 6 heteroatoms. The third-order valence-corrected chi connectivity index (χ3v) is 2.40. The zero-order valence-corrected chi connectivity index (χ0v) is 8.82. The third-order valence-electron chi connectivity index (χ3n) is 2.40. The van der Waals surface area contributed by atoms with Crippen molar-refractivity contribution in [2.75, 3.05) is 32.8 Å². The lowest BCUT2D eigenvalue weighted by molar-refractivity contribution is -0.146. The fraction of sp³-hybridized carbons (Fsp3) is 0.889. The van der Waals surface area contributed by atoms with E-state index in [1.807, 2.05) is 0 Å². The second-order valence-corrected chi connectivity index (χ2v) is 3.73. The molecule has 0 aromatic heterocycles. The lowest BCUT2D eigenvalue weighted by atomic mass is 10.1. The minimum atomic E-state index is -0.961. The number of carboxylic acid groups (broad SMARTS) is 1. The van der Waals surface area contributed by atoms with Gasteiger partial charge in [-0.3, -0.25) is 4.84 Å². The van der Waals surface area contributed by atoms with E-state index >= 15 is 0 Å². The molecule has 1 rings (SSSR count). The molecule has 1 unspecified atom stereocenters. The van der Waals surface area contributed by atoms with Crippen LogP contribution in [-0.2, 0) is 9.63 Å². The van der Waals surface area contributed by atoms with Crippen LogP contribution in [0.1, 0.15) is 12.8 Å². The first kappa shape index (κ1) is 12.4. The van der Waals surface area contributed by atoms with Gasteiger partial charge in [-0.05, 0) is 19.4 Å². The molecule has 6 nitrogen and oxygen atoms in total. The number of hydroxylamine groups is 1. The maximum atomic E-state index is 10.2. The van der Waals surface area contributed by atoms with Crippen LogP contribution in [-0.4, -0.2) is 54.8 Å². The Morgan fingerprint density at radius 2 is 2.47 bits per heavy atom. The van der Waals surface area contributed by atoms with Crippen LogP contribution in [0.2, 0.25) is 0 Å². The van der Waals surface area contributed by atoms with Crippen LogP contribution in [0.15, 0.2) is 0 Å². The summed E-state index contributed by atoms with van der Waals surface area (Å²) in [6, 6.07) is 0.213. The smallest absolute Gasteiger partial charge is 0.331 e. The molecule has 1 aliphatic heterocycles. The average Bonchev–Trinajstić information content (AvgIpc) is 2.18. The molecule has 0 aromatic rings. The topological polar surface area (TPSA) is 87.8 Å². The van der Waals surface area contributed by atoms with Crippen LogP contribution in [0.5, 0.6) is 0 Å². The highest BCUT2D eigenvalue weighted by atomic mass is 16.7. The molecule has 0 saturated carbocycles. The Kier molecular flexibility index (Phi) is 5.56. The number of carboxylic acids is 1. The van der Waals surface area contributed by atoms with E-state index in [0.29, 0.717) is 6.54 Å². The van der Waals surface area contributed by atoms with Gasteiger partial charge in [-0.1, -0.05) is 0 Å². The summed E-state index contributed by atoms with van der Waals surface area (Å²) in [5.41, 5.74) is 8.25. The van der Waals surface area contributed by atoms with Gasteiger partial charge in [0.05, 0.1) is 0 Å². The molecule has 0 aliphatic carbocycles. The van der Waals surface area contributed by atoms with Gasteiger partial charge in [0.25, 0.3) is 0 Å². The van der Waals surface area contributed by atoms with E-state index in [4.69, 9.17) is 15.7 Å². The number of piperidine rings is 1. The SMILES string of the molecule is NCCN1CCCC(NOCC(=O)O)C1. The molecule has 1 saturated heterocycles. The van der Waals surface area contributed by atoms with Crippen molar-refractivity contribution in [2.24, 2.45) is 5.73 Å². The van der Waals surface area contributed by atoms with Crippen LogP contribution < -0.4 is 11.2 Å². The summed E-state index contributed by atoms with van der Waals surface area (Å²) in [6.07, 6.45) is 2.11. The van der Waals surface area contributed by atoms with Crippen molar-refractivity contribution in [1.82, 2.24) is 10.4 Å². The van der Waals surface area contributed by atoms with E-state index < -0.39 is 5.97 Å². The van der Waals surface area contributed by atoms with Gasteiger partial charge in [0.1, 0.15) is 0 Å². The Hall–Kier alpha value is -0.690. The highest BCUT2D eigenvalue weighted by Gasteiger charge is 2.19. The van der Waals surface area contributed by atoms with Crippen molar-refractivity contribution in [3.05, 3.63) is 0 Å². The van der Waals surface area contributed by atoms with E-state index in [9.17, 15) is 4.79 Å². The van der Waals surface area contributed by atoms with Crippen LogP contribution in [0.3, 0.4) is 0 Å². The largest absolute Gasteiger partial charge is 0.479 e. The summed E-state index contributed by atoms with van der Waals surface area (Å²) in [6.45, 7) is 3.18. The molecule has 1 fully saturated rings. The minimum Gasteiger partial charge on any atom is -0.479 e.